The van der Waals surface area contributed by atoms with Crippen molar-refractivity contribution in [2.24, 2.45) is 5.92 Å². The van der Waals surface area contributed by atoms with Gasteiger partial charge in [-0.3, -0.25) is 4.90 Å². The third-order valence-electron chi connectivity index (χ3n) is 5.55. The van der Waals surface area contributed by atoms with E-state index in [2.05, 4.69) is 31.7 Å². The van der Waals surface area contributed by atoms with Crippen molar-refractivity contribution in [3.05, 3.63) is 29.3 Å². The highest BCUT2D eigenvalue weighted by atomic mass is 16.3. The fourth-order valence-electron chi connectivity index (χ4n) is 4.57. The Kier molecular flexibility index (Phi) is 3.53. The second-order valence-corrected chi connectivity index (χ2v) is 7.12. The molecule has 1 aromatic rings. The zero-order valence-electron chi connectivity index (χ0n) is 13.0. The first-order valence-electron chi connectivity index (χ1n) is 8.10. The van der Waals surface area contributed by atoms with Crippen molar-refractivity contribution in [3.8, 4) is 5.75 Å². The average molecular weight is 273 g/mol. The van der Waals surface area contributed by atoms with Gasteiger partial charge in [0.05, 0.1) is 0 Å². The van der Waals surface area contributed by atoms with E-state index in [0.717, 1.165) is 12.3 Å². The van der Waals surface area contributed by atoms with Crippen molar-refractivity contribution in [1.29, 1.82) is 0 Å². The summed E-state index contributed by atoms with van der Waals surface area (Å²) in [5.74, 6) is 1.13. The predicted octanol–water partition coefficient (Wildman–Crippen LogP) is 3.72. The lowest BCUT2D eigenvalue weighted by Crippen LogP contribution is -2.55. The molecule has 110 valence electrons. The third kappa shape index (κ3) is 2.14. The lowest BCUT2D eigenvalue weighted by atomic mass is 9.60. The number of phenols is 1. The van der Waals surface area contributed by atoms with Crippen molar-refractivity contribution < 1.29 is 5.11 Å². The highest BCUT2D eigenvalue weighted by Gasteiger charge is 2.45. The fraction of sp³-hybridized carbons (Fsp3) is 0.667. The van der Waals surface area contributed by atoms with E-state index in [1.165, 1.54) is 43.5 Å². The van der Waals surface area contributed by atoms with Crippen LogP contribution >= 0.6 is 0 Å². The molecule has 0 bridgehead atoms. The van der Waals surface area contributed by atoms with Gasteiger partial charge >= 0.3 is 0 Å². The quantitative estimate of drug-likeness (QED) is 0.888. The maximum atomic E-state index is 9.84. The molecule has 1 N–H and O–H groups in total. The van der Waals surface area contributed by atoms with Gasteiger partial charge in [-0.1, -0.05) is 26.8 Å². The number of rotatable bonds is 2. The molecule has 1 fully saturated rings. The highest BCUT2D eigenvalue weighted by Crippen LogP contribution is 2.47. The van der Waals surface area contributed by atoms with Gasteiger partial charge in [0.1, 0.15) is 5.75 Å². The first-order valence-corrected chi connectivity index (χ1v) is 8.10. The summed E-state index contributed by atoms with van der Waals surface area (Å²) in [6, 6.07) is 6.68. The molecule has 0 spiro atoms. The van der Waals surface area contributed by atoms with Gasteiger partial charge in [0, 0.05) is 6.04 Å². The Bertz CT molecular complexity index is 492. The first kappa shape index (κ1) is 13.9. The highest BCUT2D eigenvalue weighted by molar-refractivity contribution is 5.43. The van der Waals surface area contributed by atoms with Gasteiger partial charge in [0.25, 0.3) is 0 Å². The Hall–Kier alpha value is -1.02. The Morgan fingerprint density at radius 3 is 2.90 bits per heavy atom. The average Bonchev–Trinajstić information content (AvgIpc) is 2.41. The van der Waals surface area contributed by atoms with Crippen LogP contribution in [0.1, 0.15) is 51.2 Å². The molecule has 2 aliphatic rings. The number of hydrogen-bond donors (Lipinski definition) is 1. The van der Waals surface area contributed by atoms with E-state index in [9.17, 15) is 5.11 Å². The molecule has 3 rings (SSSR count). The molecule has 0 amide bonds. The normalized spacial score (nSPS) is 28.8. The Labute approximate surface area is 122 Å². The van der Waals surface area contributed by atoms with Crippen LogP contribution < -0.4 is 0 Å². The molecular formula is C18H27NO. The zero-order chi connectivity index (χ0) is 14.3. The van der Waals surface area contributed by atoms with Gasteiger partial charge in [0.15, 0.2) is 0 Å². The summed E-state index contributed by atoms with van der Waals surface area (Å²) in [6.45, 7) is 9.52. The summed E-state index contributed by atoms with van der Waals surface area (Å²) in [4.78, 5) is 2.71. The number of fused-ring (bicyclic) bond motifs is 2. The van der Waals surface area contributed by atoms with Crippen LogP contribution in [0.5, 0.6) is 5.75 Å². The summed E-state index contributed by atoms with van der Waals surface area (Å²) >= 11 is 0. The fourth-order valence-corrected chi connectivity index (χ4v) is 4.57. The van der Waals surface area contributed by atoms with Crippen molar-refractivity contribution >= 4 is 0 Å². The van der Waals surface area contributed by atoms with E-state index in [0.29, 0.717) is 11.8 Å². The van der Waals surface area contributed by atoms with Crippen LogP contribution in [0.2, 0.25) is 0 Å². The number of aromatic hydroxyl groups is 1. The minimum atomic E-state index is 0.170. The summed E-state index contributed by atoms with van der Waals surface area (Å²) in [5.41, 5.74) is 2.98. The van der Waals surface area contributed by atoms with Crippen LogP contribution in [0.15, 0.2) is 18.2 Å². The maximum absolute atomic E-state index is 9.84. The molecule has 1 saturated heterocycles. The minimum Gasteiger partial charge on any atom is -0.508 e. The van der Waals surface area contributed by atoms with Gasteiger partial charge in [-0.25, -0.2) is 0 Å². The molecular weight excluding hydrogens is 246 g/mol. The van der Waals surface area contributed by atoms with Crippen molar-refractivity contribution in [2.45, 2.75) is 57.9 Å². The predicted molar refractivity (Wildman–Crippen MR) is 83.2 cm³/mol. The van der Waals surface area contributed by atoms with Gasteiger partial charge in [-0.15, -0.1) is 0 Å². The topological polar surface area (TPSA) is 23.5 Å². The molecule has 0 saturated carbocycles. The third-order valence-corrected chi connectivity index (χ3v) is 5.55. The molecule has 2 heteroatoms. The smallest absolute Gasteiger partial charge is 0.115 e. The monoisotopic (exact) mass is 273 g/mol. The van der Waals surface area contributed by atoms with Crippen LogP contribution in [-0.4, -0.2) is 29.1 Å². The molecule has 1 heterocycles. The summed E-state index contributed by atoms with van der Waals surface area (Å²) in [5, 5.41) is 9.84. The largest absolute Gasteiger partial charge is 0.508 e. The number of phenolic OH excluding ortho intramolecular Hbond substituents is 1. The second kappa shape index (κ2) is 5.07. The molecule has 1 aromatic carbocycles. The molecule has 20 heavy (non-hydrogen) atoms. The molecule has 0 aromatic heterocycles. The zero-order valence-corrected chi connectivity index (χ0v) is 13.0. The molecule has 0 unspecified atom stereocenters. The van der Waals surface area contributed by atoms with Crippen molar-refractivity contribution in [3.63, 3.8) is 0 Å². The summed E-state index contributed by atoms with van der Waals surface area (Å²) < 4.78 is 0. The Morgan fingerprint density at radius 2 is 2.15 bits per heavy atom. The summed E-state index contributed by atoms with van der Waals surface area (Å²) in [6.07, 6.45) is 5.04. The number of hydrogen-bond acceptors (Lipinski definition) is 2. The second-order valence-electron chi connectivity index (χ2n) is 7.12. The van der Waals surface area contributed by atoms with E-state index < -0.39 is 0 Å². The first-order chi connectivity index (χ1) is 9.54. The SMILES string of the molecule is CCCN1CCC[C@@H]2[C@@H]1Cc1ccc(O)cc1C2(C)C. The number of piperidine rings is 1. The van der Waals surface area contributed by atoms with E-state index in [-0.39, 0.29) is 5.41 Å². The molecule has 2 nitrogen and oxygen atoms in total. The lowest BCUT2D eigenvalue weighted by molar-refractivity contribution is 0.0442. The van der Waals surface area contributed by atoms with Crippen LogP contribution in [0.4, 0.5) is 0 Å². The van der Waals surface area contributed by atoms with Crippen LogP contribution in [-0.2, 0) is 11.8 Å². The van der Waals surface area contributed by atoms with Crippen LogP contribution in [0.25, 0.3) is 0 Å². The summed E-state index contributed by atoms with van der Waals surface area (Å²) in [7, 11) is 0. The van der Waals surface area contributed by atoms with E-state index >= 15 is 0 Å². The Morgan fingerprint density at radius 1 is 1.35 bits per heavy atom. The molecule has 1 aliphatic heterocycles. The standard InChI is InChI=1S/C18H27NO/c1-4-9-19-10-5-6-15-17(19)11-13-7-8-14(20)12-16(13)18(15,2)3/h7-8,12,15,17,20H,4-6,9-11H2,1-3H3/t15-,17+/m1/s1. The number of likely N-dealkylation sites (tertiary alicyclic amines) is 1. The van der Waals surface area contributed by atoms with Crippen LogP contribution in [0.3, 0.4) is 0 Å². The molecule has 1 aliphatic carbocycles. The molecule has 0 radical (unpaired) electrons. The van der Waals surface area contributed by atoms with E-state index in [1.54, 1.807) is 0 Å². The van der Waals surface area contributed by atoms with Crippen molar-refractivity contribution in [2.75, 3.05) is 13.1 Å². The van der Waals surface area contributed by atoms with Gasteiger partial charge < -0.3 is 5.11 Å². The lowest BCUT2D eigenvalue weighted by Gasteiger charge is -2.52. The van der Waals surface area contributed by atoms with Crippen LogP contribution in [0, 0.1) is 5.92 Å². The maximum Gasteiger partial charge on any atom is 0.115 e. The number of nitrogens with zero attached hydrogens (tertiary/aromatic N) is 1. The van der Waals surface area contributed by atoms with Gasteiger partial charge in [0.2, 0.25) is 0 Å². The number of benzene rings is 1. The van der Waals surface area contributed by atoms with E-state index in [1.807, 2.05) is 12.1 Å². The molecule has 2 atom stereocenters. The van der Waals surface area contributed by atoms with E-state index in [4.69, 9.17) is 0 Å². The van der Waals surface area contributed by atoms with Gasteiger partial charge in [-0.05, 0) is 73.4 Å². The van der Waals surface area contributed by atoms with Crippen molar-refractivity contribution in [1.82, 2.24) is 4.90 Å². The van der Waals surface area contributed by atoms with Gasteiger partial charge in [-0.2, -0.15) is 0 Å². The Balaban J connectivity index is 2.01. The minimum absolute atomic E-state index is 0.170.